The molecule has 1 heterocycles. The number of hydrogen-bond acceptors (Lipinski definition) is 3. The van der Waals surface area contributed by atoms with Crippen LogP contribution in [0.4, 0.5) is 4.79 Å². The van der Waals surface area contributed by atoms with Crippen LogP contribution in [0.25, 0.3) is 5.57 Å². The van der Waals surface area contributed by atoms with Gasteiger partial charge in [-0.05, 0) is 38.0 Å². The number of β-amino-alcohol motifs (C(OH)–C–C–N with tert-alkyl or cyclic N) is 1. The number of amides is 1. The fourth-order valence-corrected chi connectivity index (χ4v) is 2.14. The van der Waals surface area contributed by atoms with Gasteiger partial charge in [-0.2, -0.15) is 0 Å². The molecule has 1 aromatic carbocycles. The lowest BCUT2D eigenvalue weighted by atomic mass is 10.0. The number of ether oxygens (including phenoxy) is 1. The molecule has 108 valence electrons. The summed E-state index contributed by atoms with van der Waals surface area (Å²) in [6, 6.07) is 9.76. The van der Waals surface area contributed by atoms with Crippen LogP contribution < -0.4 is 0 Å². The van der Waals surface area contributed by atoms with Crippen molar-refractivity contribution < 1.29 is 14.6 Å². The van der Waals surface area contributed by atoms with E-state index in [1.165, 1.54) is 4.90 Å². The van der Waals surface area contributed by atoms with Gasteiger partial charge in [0, 0.05) is 6.54 Å². The van der Waals surface area contributed by atoms with Gasteiger partial charge in [0.05, 0.1) is 12.6 Å². The number of aliphatic hydroxyl groups excluding tert-OH is 1. The van der Waals surface area contributed by atoms with Crippen LogP contribution in [0.3, 0.4) is 0 Å². The Hall–Kier alpha value is -1.81. The molecule has 1 unspecified atom stereocenters. The summed E-state index contributed by atoms with van der Waals surface area (Å²) in [5.41, 5.74) is 1.42. The molecule has 0 spiro atoms. The smallest absolute Gasteiger partial charge is 0.410 e. The number of aliphatic hydroxyl groups is 1. The first kappa shape index (κ1) is 14.6. The maximum absolute atomic E-state index is 12.1. The minimum Gasteiger partial charge on any atom is -0.444 e. The zero-order valence-electron chi connectivity index (χ0n) is 12.2. The van der Waals surface area contributed by atoms with E-state index >= 15 is 0 Å². The molecule has 1 aliphatic heterocycles. The van der Waals surface area contributed by atoms with Gasteiger partial charge in [0.25, 0.3) is 0 Å². The molecule has 4 nitrogen and oxygen atoms in total. The third-order valence-corrected chi connectivity index (χ3v) is 2.96. The SMILES string of the molecule is CC(C)(C)OC(=O)N1CC(c2ccccc2)=CC(O)C1. The second kappa shape index (κ2) is 5.67. The quantitative estimate of drug-likeness (QED) is 0.857. The minimum absolute atomic E-state index is 0.269. The Morgan fingerprint density at radius 2 is 1.95 bits per heavy atom. The van der Waals surface area contributed by atoms with E-state index in [1.807, 2.05) is 51.1 Å². The topological polar surface area (TPSA) is 49.8 Å². The standard InChI is InChI=1S/C16H21NO3/c1-16(2,3)20-15(19)17-10-13(9-14(18)11-17)12-7-5-4-6-8-12/h4-9,14,18H,10-11H2,1-3H3. The monoisotopic (exact) mass is 275 g/mol. The molecule has 0 aromatic heterocycles. The third kappa shape index (κ3) is 3.84. The molecule has 0 fully saturated rings. The molecule has 4 heteroatoms. The summed E-state index contributed by atoms with van der Waals surface area (Å²) in [7, 11) is 0. The highest BCUT2D eigenvalue weighted by atomic mass is 16.6. The maximum atomic E-state index is 12.1. The van der Waals surface area contributed by atoms with E-state index in [1.54, 1.807) is 6.08 Å². The van der Waals surface area contributed by atoms with Crippen LogP contribution in [0.2, 0.25) is 0 Å². The molecule has 1 aromatic rings. The van der Waals surface area contributed by atoms with E-state index < -0.39 is 17.8 Å². The van der Waals surface area contributed by atoms with E-state index in [-0.39, 0.29) is 6.54 Å². The normalized spacial score (nSPS) is 19.5. The minimum atomic E-state index is -0.661. The van der Waals surface area contributed by atoms with Crippen LogP contribution in [0.1, 0.15) is 26.3 Å². The first-order valence-corrected chi connectivity index (χ1v) is 6.77. The van der Waals surface area contributed by atoms with E-state index in [0.717, 1.165) is 11.1 Å². The third-order valence-electron chi connectivity index (χ3n) is 2.96. The Bertz CT molecular complexity index is 502. The zero-order chi connectivity index (χ0) is 14.8. The van der Waals surface area contributed by atoms with Gasteiger partial charge in [0.1, 0.15) is 5.60 Å². The number of carbonyl (C=O) groups excluding carboxylic acids is 1. The second-order valence-electron chi connectivity index (χ2n) is 5.99. The predicted octanol–water partition coefficient (Wildman–Crippen LogP) is 2.68. The van der Waals surface area contributed by atoms with Gasteiger partial charge in [-0.1, -0.05) is 30.3 Å². The fourth-order valence-electron chi connectivity index (χ4n) is 2.14. The number of carbonyl (C=O) groups is 1. The zero-order valence-corrected chi connectivity index (χ0v) is 12.2. The molecule has 1 amide bonds. The lowest BCUT2D eigenvalue weighted by molar-refractivity contribution is 0.0197. The van der Waals surface area contributed by atoms with Crippen LogP contribution in [-0.4, -0.2) is 40.9 Å². The first-order chi connectivity index (χ1) is 9.35. The van der Waals surface area contributed by atoms with E-state index in [4.69, 9.17) is 4.74 Å². The van der Waals surface area contributed by atoms with Crippen LogP contribution in [-0.2, 0) is 4.74 Å². The van der Waals surface area contributed by atoms with Gasteiger partial charge >= 0.3 is 6.09 Å². The maximum Gasteiger partial charge on any atom is 0.410 e. The van der Waals surface area contributed by atoms with Gasteiger partial charge in [0.2, 0.25) is 0 Å². The Morgan fingerprint density at radius 1 is 1.30 bits per heavy atom. The number of rotatable bonds is 1. The van der Waals surface area contributed by atoms with Crippen LogP contribution in [0, 0.1) is 0 Å². The molecular formula is C16H21NO3. The summed E-state index contributed by atoms with van der Waals surface area (Å²) in [4.78, 5) is 13.6. The Labute approximate surface area is 119 Å². The molecule has 0 bridgehead atoms. The molecule has 1 atom stereocenters. The molecule has 0 saturated heterocycles. The molecule has 0 aliphatic carbocycles. The number of hydrogen-bond donors (Lipinski definition) is 1. The highest BCUT2D eigenvalue weighted by molar-refractivity contribution is 5.75. The molecule has 20 heavy (non-hydrogen) atoms. The summed E-state index contributed by atoms with van der Waals surface area (Å²) in [5, 5.41) is 9.93. The Kier molecular flexibility index (Phi) is 4.14. The number of benzene rings is 1. The van der Waals surface area contributed by atoms with Crippen molar-refractivity contribution in [1.82, 2.24) is 4.90 Å². The Morgan fingerprint density at radius 3 is 2.55 bits per heavy atom. The fraction of sp³-hybridized carbons (Fsp3) is 0.438. The van der Waals surface area contributed by atoms with Gasteiger partial charge in [-0.3, -0.25) is 0 Å². The van der Waals surface area contributed by atoms with E-state index in [9.17, 15) is 9.90 Å². The average molecular weight is 275 g/mol. The number of nitrogens with zero attached hydrogens (tertiary/aromatic N) is 1. The van der Waals surface area contributed by atoms with Crippen molar-refractivity contribution in [3.63, 3.8) is 0 Å². The van der Waals surface area contributed by atoms with E-state index in [0.29, 0.717) is 6.54 Å². The molecule has 1 aliphatic rings. The van der Waals surface area contributed by atoms with Crippen molar-refractivity contribution in [1.29, 1.82) is 0 Å². The van der Waals surface area contributed by atoms with Crippen molar-refractivity contribution in [2.24, 2.45) is 0 Å². The van der Waals surface area contributed by atoms with Crippen molar-refractivity contribution in [3.05, 3.63) is 42.0 Å². The van der Waals surface area contributed by atoms with Crippen LogP contribution in [0.15, 0.2) is 36.4 Å². The van der Waals surface area contributed by atoms with Crippen molar-refractivity contribution in [3.8, 4) is 0 Å². The molecule has 1 N–H and O–H groups in total. The lowest BCUT2D eigenvalue weighted by Gasteiger charge is -2.32. The second-order valence-corrected chi connectivity index (χ2v) is 5.99. The molecule has 0 saturated carbocycles. The van der Waals surface area contributed by atoms with Crippen LogP contribution >= 0.6 is 0 Å². The van der Waals surface area contributed by atoms with Gasteiger partial charge < -0.3 is 14.7 Å². The summed E-state index contributed by atoms with van der Waals surface area (Å²) >= 11 is 0. The van der Waals surface area contributed by atoms with Crippen molar-refractivity contribution >= 4 is 11.7 Å². The summed E-state index contributed by atoms with van der Waals surface area (Å²) in [5.74, 6) is 0. The average Bonchev–Trinajstić information content (AvgIpc) is 2.37. The van der Waals surface area contributed by atoms with Gasteiger partial charge in [0.15, 0.2) is 0 Å². The molecule has 2 rings (SSSR count). The van der Waals surface area contributed by atoms with Crippen molar-refractivity contribution in [2.45, 2.75) is 32.5 Å². The van der Waals surface area contributed by atoms with Crippen LogP contribution in [0.5, 0.6) is 0 Å². The summed E-state index contributed by atoms with van der Waals surface area (Å²) in [6.45, 7) is 6.22. The Balaban J connectivity index is 2.13. The molecule has 0 radical (unpaired) electrons. The first-order valence-electron chi connectivity index (χ1n) is 6.77. The summed E-state index contributed by atoms with van der Waals surface area (Å²) < 4.78 is 5.36. The highest BCUT2D eigenvalue weighted by Crippen LogP contribution is 2.22. The van der Waals surface area contributed by atoms with E-state index in [2.05, 4.69) is 0 Å². The van der Waals surface area contributed by atoms with Gasteiger partial charge in [-0.15, -0.1) is 0 Å². The van der Waals surface area contributed by atoms with Gasteiger partial charge in [-0.25, -0.2) is 4.79 Å². The predicted molar refractivity (Wildman–Crippen MR) is 78.2 cm³/mol. The molecular weight excluding hydrogens is 254 g/mol. The lowest BCUT2D eigenvalue weighted by Crippen LogP contribution is -2.43. The largest absolute Gasteiger partial charge is 0.444 e. The van der Waals surface area contributed by atoms with Crippen molar-refractivity contribution in [2.75, 3.05) is 13.1 Å². The highest BCUT2D eigenvalue weighted by Gasteiger charge is 2.27. The summed E-state index contributed by atoms with van der Waals surface area (Å²) in [6.07, 6.45) is 0.750.